The van der Waals surface area contributed by atoms with Gasteiger partial charge in [-0.25, -0.2) is 0 Å². The first kappa shape index (κ1) is 22.9. The molecule has 1 heterocycles. The molecule has 0 radical (unpaired) electrons. The Morgan fingerprint density at radius 1 is 1.12 bits per heavy atom. The molecule has 1 aromatic heterocycles. The van der Waals surface area contributed by atoms with E-state index in [0.717, 1.165) is 11.1 Å². The molecule has 2 aromatic carbocycles. The Labute approximate surface area is 188 Å². The molecule has 0 bridgehead atoms. The topological polar surface area (TPSA) is 132 Å². The number of carbonyl (C=O) groups is 2. The molecule has 0 unspecified atom stereocenters. The summed E-state index contributed by atoms with van der Waals surface area (Å²) in [5.74, 6) is 0.125. The van der Waals surface area contributed by atoms with Crippen LogP contribution in [-0.4, -0.2) is 37.3 Å². The van der Waals surface area contributed by atoms with Gasteiger partial charge >= 0.3 is 0 Å². The number of nitrogens with zero attached hydrogens (tertiary/aromatic N) is 4. The van der Waals surface area contributed by atoms with Crippen molar-refractivity contribution in [3.63, 3.8) is 0 Å². The van der Waals surface area contributed by atoms with E-state index < -0.39 is 4.92 Å². The van der Waals surface area contributed by atoms with E-state index in [1.165, 1.54) is 30.8 Å². The van der Waals surface area contributed by atoms with Gasteiger partial charge in [-0.1, -0.05) is 17.8 Å². The Balaban J connectivity index is 1.70. The van der Waals surface area contributed by atoms with Crippen LogP contribution in [0.15, 0.2) is 47.6 Å². The predicted octanol–water partition coefficient (Wildman–Crippen LogP) is 3.87. The number of aryl methyl sites for hydroxylation is 1. The number of hydrogen-bond donors (Lipinski definition) is 2. The zero-order chi connectivity index (χ0) is 23.3. The summed E-state index contributed by atoms with van der Waals surface area (Å²) in [6.07, 6.45) is 0. The van der Waals surface area contributed by atoms with Crippen LogP contribution in [0.5, 0.6) is 0 Å². The van der Waals surface area contributed by atoms with Gasteiger partial charge in [0, 0.05) is 30.8 Å². The van der Waals surface area contributed by atoms with Gasteiger partial charge in [0.1, 0.15) is 5.69 Å². The molecule has 0 aliphatic heterocycles. The van der Waals surface area contributed by atoms with E-state index in [0.29, 0.717) is 23.2 Å². The molecule has 3 rings (SSSR count). The fourth-order valence-electron chi connectivity index (χ4n) is 3.01. The molecule has 0 saturated carbocycles. The molecule has 0 spiro atoms. The Bertz CT molecular complexity index is 1160. The lowest BCUT2D eigenvalue weighted by molar-refractivity contribution is -0.384. The summed E-state index contributed by atoms with van der Waals surface area (Å²) in [5, 5.41) is 25.5. The first-order chi connectivity index (χ1) is 15.3. The second-order valence-corrected chi connectivity index (χ2v) is 7.87. The van der Waals surface area contributed by atoms with Crippen molar-refractivity contribution >= 4 is 40.6 Å². The second kappa shape index (κ2) is 10.1. The number of carbonyl (C=O) groups excluding carboxylic acids is 2. The van der Waals surface area contributed by atoms with Crippen molar-refractivity contribution in [1.82, 2.24) is 14.8 Å². The summed E-state index contributed by atoms with van der Waals surface area (Å²) in [5.41, 5.74) is 2.24. The maximum Gasteiger partial charge on any atom is 0.293 e. The molecule has 0 atom stereocenters. The SMILES string of the molecule is CCn1c(SCC(=O)Nc2ccc(C)cc2[N+](=O)[O-])nnc1-c1ccc(NC(C)=O)cc1. The Hall–Kier alpha value is -3.73. The molecule has 0 aliphatic carbocycles. The molecule has 10 nitrogen and oxygen atoms in total. The summed E-state index contributed by atoms with van der Waals surface area (Å²) >= 11 is 1.19. The lowest BCUT2D eigenvalue weighted by Gasteiger charge is -2.09. The lowest BCUT2D eigenvalue weighted by atomic mass is 10.2. The van der Waals surface area contributed by atoms with Crippen molar-refractivity contribution < 1.29 is 14.5 Å². The van der Waals surface area contributed by atoms with Crippen molar-refractivity contribution in [2.75, 3.05) is 16.4 Å². The number of aromatic nitrogens is 3. The zero-order valence-electron chi connectivity index (χ0n) is 17.8. The smallest absolute Gasteiger partial charge is 0.293 e. The second-order valence-electron chi connectivity index (χ2n) is 6.92. The van der Waals surface area contributed by atoms with E-state index in [1.807, 2.05) is 23.6 Å². The predicted molar refractivity (Wildman–Crippen MR) is 123 cm³/mol. The fourth-order valence-corrected chi connectivity index (χ4v) is 3.82. The molecule has 3 aromatic rings. The number of thioether (sulfide) groups is 1. The van der Waals surface area contributed by atoms with E-state index in [9.17, 15) is 19.7 Å². The number of nitro groups is 1. The van der Waals surface area contributed by atoms with E-state index in [1.54, 1.807) is 25.1 Å². The zero-order valence-corrected chi connectivity index (χ0v) is 18.6. The number of benzene rings is 2. The monoisotopic (exact) mass is 454 g/mol. The number of nitro benzene ring substituents is 1. The number of nitrogens with one attached hydrogen (secondary N) is 2. The van der Waals surface area contributed by atoms with Crippen molar-refractivity contribution in [2.24, 2.45) is 0 Å². The third-order valence-corrected chi connectivity index (χ3v) is 5.42. The molecule has 2 N–H and O–H groups in total. The minimum Gasteiger partial charge on any atom is -0.326 e. The Morgan fingerprint density at radius 3 is 2.47 bits per heavy atom. The van der Waals surface area contributed by atoms with Crippen LogP contribution in [0.2, 0.25) is 0 Å². The quantitative estimate of drug-likeness (QED) is 0.300. The van der Waals surface area contributed by atoms with Gasteiger partial charge in [-0.15, -0.1) is 10.2 Å². The van der Waals surface area contributed by atoms with Crippen molar-refractivity contribution in [2.45, 2.75) is 32.5 Å². The van der Waals surface area contributed by atoms with Crippen molar-refractivity contribution in [1.29, 1.82) is 0 Å². The third kappa shape index (κ3) is 5.49. The Kier molecular flexibility index (Phi) is 7.21. The molecule has 32 heavy (non-hydrogen) atoms. The average Bonchev–Trinajstić information content (AvgIpc) is 3.16. The minimum absolute atomic E-state index is 0.0185. The summed E-state index contributed by atoms with van der Waals surface area (Å²) < 4.78 is 1.87. The minimum atomic E-state index is -0.521. The maximum absolute atomic E-state index is 12.4. The van der Waals surface area contributed by atoms with Gasteiger partial charge in [0.2, 0.25) is 11.8 Å². The normalized spacial score (nSPS) is 10.6. The molecule has 11 heteroatoms. The van der Waals surface area contributed by atoms with E-state index >= 15 is 0 Å². The van der Waals surface area contributed by atoms with Gasteiger partial charge in [0.05, 0.1) is 10.7 Å². The van der Waals surface area contributed by atoms with Gasteiger partial charge in [0.25, 0.3) is 5.69 Å². The highest BCUT2D eigenvalue weighted by Crippen LogP contribution is 2.27. The van der Waals surface area contributed by atoms with Gasteiger partial charge in [-0.3, -0.25) is 19.7 Å². The summed E-state index contributed by atoms with van der Waals surface area (Å²) in [4.78, 5) is 34.3. The van der Waals surface area contributed by atoms with Gasteiger partial charge in [-0.2, -0.15) is 0 Å². The summed E-state index contributed by atoms with van der Waals surface area (Å²) in [6.45, 7) is 5.72. The maximum atomic E-state index is 12.4. The van der Waals surface area contributed by atoms with Crippen LogP contribution < -0.4 is 10.6 Å². The highest BCUT2D eigenvalue weighted by atomic mass is 32.2. The summed E-state index contributed by atoms with van der Waals surface area (Å²) in [7, 11) is 0. The van der Waals surface area contributed by atoms with Crippen LogP contribution in [0, 0.1) is 17.0 Å². The first-order valence-corrected chi connectivity index (χ1v) is 10.8. The molecule has 166 valence electrons. The van der Waals surface area contributed by atoms with Gasteiger partial charge in [0.15, 0.2) is 11.0 Å². The van der Waals surface area contributed by atoms with Crippen LogP contribution in [0.25, 0.3) is 11.4 Å². The third-order valence-electron chi connectivity index (χ3n) is 4.45. The number of hydrogen-bond acceptors (Lipinski definition) is 7. The van der Waals surface area contributed by atoms with E-state index in [4.69, 9.17) is 0 Å². The average molecular weight is 455 g/mol. The number of amides is 2. The lowest BCUT2D eigenvalue weighted by Crippen LogP contribution is -2.15. The molecule has 2 amide bonds. The van der Waals surface area contributed by atoms with Crippen molar-refractivity contribution in [3.8, 4) is 11.4 Å². The molecule has 0 fully saturated rings. The first-order valence-electron chi connectivity index (χ1n) is 9.77. The fraction of sp³-hybridized carbons (Fsp3) is 0.238. The van der Waals surface area contributed by atoms with Crippen LogP contribution in [0.4, 0.5) is 17.1 Å². The molecular weight excluding hydrogens is 432 g/mol. The van der Waals surface area contributed by atoms with E-state index in [2.05, 4.69) is 20.8 Å². The van der Waals surface area contributed by atoms with Crippen LogP contribution in [0.3, 0.4) is 0 Å². The largest absolute Gasteiger partial charge is 0.326 e. The van der Waals surface area contributed by atoms with Crippen molar-refractivity contribution in [3.05, 3.63) is 58.1 Å². The number of anilines is 2. The Morgan fingerprint density at radius 2 is 1.84 bits per heavy atom. The highest BCUT2D eigenvalue weighted by molar-refractivity contribution is 7.99. The van der Waals surface area contributed by atoms with Gasteiger partial charge in [-0.05, 0) is 49.7 Å². The van der Waals surface area contributed by atoms with Crippen LogP contribution in [-0.2, 0) is 16.1 Å². The number of rotatable bonds is 8. The standard InChI is InChI=1S/C21H22N6O4S/c1-4-26-20(15-6-8-16(9-7-15)22-14(3)28)24-25-21(26)32-12-19(29)23-17-10-5-13(2)11-18(17)27(30)31/h5-11H,4,12H2,1-3H3,(H,22,28)(H,23,29). The molecular formula is C21H22N6O4S. The van der Waals surface area contributed by atoms with Crippen LogP contribution in [0.1, 0.15) is 19.4 Å². The highest BCUT2D eigenvalue weighted by Gasteiger charge is 2.18. The van der Waals surface area contributed by atoms with Crippen LogP contribution >= 0.6 is 11.8 Å². The summed E-state index contributed by atoms with van der Waals surface area (Å²) in [6, 6.07) is 11.9. The van der Waals surface area contributed by atoms with E-state index in [-0.39, 0.29) is 28.9 Å². The molecule has 0 aliphatic rings. The molecule has 0 saturated heterocycles. The van der Waals surface area contributed by atoms with Gasteiger partial charge < -0.3 is 15.2 Å².